The maximum absolute atomic E-state index is 12.7. The Labute approximate surface area is 136 Å². The summed E-state index contributed by atoms with van der Waals surface area (Å²) in [7, 11) is 1.68. The molecular formula is C18H21N3O2. The van der Waals surface area contributed by atoms with Gasteiger partial charge in [-0.3, -0.25) is 9.78 Å². The molecule has 1 saturated heterocycles. The molecule has 1 aliphatic rings. The summed E-state index contributed by atoms with van der Waals surface area (Å²) in [6.45, 7) is 2.63. The van der Waals surface area contributed by atoms with E-state index in [4.69, 9.17) is 4.74 Å². The van der Waals surface area contributed by atoms with E-state index in [9.17, 15) is 4.79 Å². The molecule has 5 heteroatoms. The van der Waals surface area contributed by atoms with Crippen molar-refractivity contribution in [2.75, 3.05) is 13.7 Å². The number of rotatable bonds is 4. The second-order valence-corrected chi connectivity index (χ2v) is 5.85. The quantitative estimate of drug-likeness (QED) is 0.871. The molecule has 0 saturated carbocycles. The molecule has 1 amide bonds. The van der Waals surface area contributed by atoms with Crippen LogP contribution in [0.25, 0.3) is 0 Å². The monoisotopic (exact) mass is 311 g/mol. The maximum atomic E-state index is 12.7. The number of nitrogens with zero attached hydrogens (tertiary/aromatic N) is 3. The van der Waals surface area contributed by atoms with Crippen molar-refractivity contribution in [1.29, 1.82) is 0 Å². The highest BCUT2D eigenvalue weighted by Gasteiger charge is 2.30. The Kier molecular flexibility index (Phi) is 4.55. The third-order valence-corrected chi connectivity index (χ3v) is 4.29. The van der Waals surface area contributed by atoms with Crippen molar-refractivity contribution in [2.45, 2.75) is 32.2 Å². The van der Waals surface area contributed by atoms with Gasteiger partial charge >= 0.3 is 0 Å². The van der Waals surface area contributed by atoms with Gasteiger partial charge in [-0.15, -0.1) is 0 Å². The molecule has 0 radical (unpaired) electrons. The molecule has 0 N–H and O–H groups in total. The summed E-state index contributed by atoms with van der Waals surface area (Å²) >= 11 is 0. The Morgan fingerprint density at radius 3 is 2.87 bits per heavy atom. The van der Waals surface area contributed by atoms with Crippen molar-refractivity contribution in [1.82, 2.24) is 14.9 Å². The standard InChI is InChI=1S/C18H21N3O2/c1-13-11-20-16(12-19-13)18(22)21-9-5-7-15(21)10-14-6-3-4-8-17(14)23-2/h3-4,6,8,11-12,15H,5,7,9-10H2,1-2H3/t15-/m0/s1. The number of ether oxygens (including phenoxy) is 1. The second-order valence-electron chi connectivity index (χ2n) is 5.85. The third-order valence-electron chi connectivity index (χ3n) is 4.29. The van der Waals surface area contributed by atoms with Crippen LogP contribution in [0.2, 0.25) is 0 Å². The van der Waals surface area contributed by atoms with Crippen LogP contribution < -0.4 is 4.74 Å². The Balaban J connectivity index is 1.77. The van der Waals surface area contributed by atoms with Gasteiger partial charge in [0.15, 0.2) is 0 Å². The minimum atomic E-state index is -0.0325. The zero-order valence-corrected chi connectivity index (χ0v) is 13.5. The topological polar surface area (TPSA) is 55.3 Å². The van der Waals surface area contributed by atoms with Gasteiger partial charge in [-0.05, 0) is 37.8 Å². The predicted molar refractivity (Wildman–Crippen MR) is 87.5 cm³/mol. The number of hydrogen-bond acceptors (Lipinski definition) is 4. The molecular weight excluding hydrogens is 290 g/mol. The summed E-state index contributed by atoms with van der Waals surface area (Å²) in [6.07, 6.45) is 6.03. The summed E-state index contributed by atoms with van der Waals surface area (Å²) in [5, 5.41) is 0. The first-order valence-electron chi connectivity index (χ1n) is 7.90. The van der Waals surface area contributed by atoms with Crippen molar-refractivity contribution in [2.24, 2.45) is 0 Å². The lowest BCUT2D eigenvalue weighted by Crippen LogP contribution is -2.37. The molecule has 2 aromatic rings. The van der Waals surface area contributed by atoms with Crippen LogP contribution in [0.1, 0.15) is 34.6 Å². The molecule has 1 aliphatic heterocycles. The molecule has 3 rings (SSSR count). The Morgan fingerprint density at radius 1 is 1.30 bits per heavy atom. The van der Waals surface area contributed by atoms with Crippen LogP contribution in [-0.4, -0.2) is 40.5 Å². The highest BCUT2D eigenvalue weighted by atomic mass is 16.5. The fourth-order valence-electron chi connectivity index (χ4n) is 3.09. The largest absolute Gasteiger partial charge is 0.496 e. The number of methoxy groups -OCH3 is 1. The summed E-state index contributed by atoms with van der Waals surface area (Å²) in [5.41, 5.74) is 2.37. The summed E-state index contributed by atoms with van der Waals surface area (Å²) in [4.78, 5) is 23.0. The highest BCUT2D eigenvalue weighted by molar-refractivity contribution is 5.92. The van der Waals surface area contributed by atoms with E-state index in [0.717, 1.165) is 42.8 Å². The smallest absolute Gasteiger partial charge is 0.274 e. The average Bonchev–Trinajstić information content (AvgIpc) is 3.03. The number of aryl methyl sites for hydroxylation is 1. The van der Waals surface area contributed by atoms with E-state index >= 15 is 0 Å². The van der Waals surface area contributed by atoms with E-state index < -0.39 is 0 Å². The maximum Gasteiger partial charge on any atom is 0.274 e. The van der Waals surface area contributed by atoms with Crippen molar-refractivity contribution < 1.29 is 9.53 Å². The van der Waals surface area contributed by atoms with Crippen molar-refractivity contribution in [3.05, 3.63) is 53.6 Å². The number of hydrogen-bond donors (Lipinski definition) is 0. The number of likely N-dealkylation sites (tertiary alicyclic amines) is 1. The highest BCUT2D eigenvalue weighted by Crippen LogP contribution is 2.26. The van der Waals surface area contributed by atoms with Gasteiger partial charge in [-0.25, -0.2) is 4.98 Å². The summed E-state index contributed by atoms with van der Waals surface area (Å²) in [6, 6.07) is 8.17. The van der Waals surface area contributed by atoms with Gasteiger partial charge < -0.3 is 9.64 Å². The van der Waals surface area contributed by atoms with E-state index in [-0.39, 0.29) is 11.9 Å². The number of aromatic nitrogens is 2. The van der Waals surface area contributed by atoms with Crippen LogP contribution in [-0.2, 0) is 6.42 Å². The van der Waals surface area contributed by atoms with Gasteiger partial charge in [-0.1, -0.05) is 18.2 Å². The van der Waals surface area contributed by atoms with Crippen molar-refractivity contribution >= 4 is 5.91 Å². The number of carbonyl (C=O) groups excluding carboxylic acids is 1. The van der Waals surface area contributed by atoms with E-state index in [0.29, 0.717) is 5.69 Å². The molecule has 0 bridgehead atoms. The second kappa shape index (κ2) is 6.77. The van der Waals surface area contributed by atoms with E-state index in [1.165, 1.54) is 0 Å². The van der Waals surface area contributed by atoms with Crippen LogP contribution >= 0.6 is 0 Å². The number of carbonyl (C=O) groups is 1. The molecule has 0 unspecified atom stereocenters. The van der Waals surface area contributed by atoms with Crippen molar-refractivity contribution in [3.8, 4) is 5.75 Å². The summed E-state index contributed by atoms with van der Waals surface area (Å²) < 4.78 is 5.42. The number of para-hydroxylation sites is 1. The lowest BCUT2D eigenvalue weighted by Gasteiger charge is -2.25. The van der Waals surface area contributed by atoms with Crippen LogP contribution in [0, 0.1) is 6.92 Å². The predicted octanol–water partition coefficient (Wildman–Crippen LogP) is 2.64. The fourth-order valence-corrected chi connectivity index (χ4v) is 3.09. The van der Waals surface area contributed by atoms with E-state index in [1.54, 1.807) is 19.5 Å². The van der Waals surface area contributed by atoms with Crippen LogP contribution in [0.4, 0.5) is 0 Å². The Hall–Kier alpha value is -2.43. The molecule has 1 fully saturated rings. The van der Waals surface area contributed by atoms with Gasteiger partial charge in [0.2, 0.25) is 0 Å². The van der Waals surface area contributed by atoms with Gasteiger partial charge in [0, 0.05) is 18.8 Å². The first-order chi connectivity index (χ1) is 11.2. The normalized spacial score (nSPS) is 17.3. The van der Waals surface area contributed by atoms with Crippen LogP contribution in [0.3, 0.4) is 0 Å². The Morgan fingerprint density at radius 2 is 2.13 bits per heavy atom. The Bertz CT molecular complexity index is 685. The fraction of sp³-hybridized carbons (Fsp3) is 0.389. The molecule has 120 valence electrons. The number of benzene rings is 1. The van der Waals surface area contributed by atoms with Crippen LogP contribution in [0.5, 0.6) is 5.75 Å². The number of amides is 1. The summed E-state index contributed by atoms with van der Waals surface area (Å²) in [5.74, 6) is 0.844. The first kappa shape index (κ1) is 15.5. The minimum absolute atomic E-state index is 0.0325. The molecule has 0 spiro atoms. The first-order valence-corrected chi connectivity index (χ1v) is 7.90. The van der Waals surface area contributed by atoms with Gasteiger partial charge in [0.25, 0.3) is 5.91 Å². The molecule has 23 heavy (non-hydrogen) atoms. The molecule has 0 aliphatic carbocycles. The molecule has 1 aromatic heterocycles. The van der Waals surface area contributed by atoms with Gasteiger partial charge in [0.1, 0.15) is 11.4 Å². The lowest BCUT2D eigenvalue weighted by molar-refractivity contribution is 0.0729. The third kappa shape index (κ3) is 3.33. The SMILES string of the molecule is COc1ccccc1C[C@@H]1CCCN1C(=O)c1cnc(C)cn1. The minimum Gasteiger partial charge on any atom is -0.496 e. The molecule has 1 atom stereocenters. The van der Waals surface area contributed by atoms with Crippen molar-refractivity contribution in [3.63, 3.8) is 0 Å². The zero-order chi connectivity index (χ0) is 16.2. The van der Waals surface area contributed by atoms with Gasteiger partial charge in [0.05, 0.1) is 19.0 Å². The molecule has 2 heterocycles. The van der Waals surface area contributed by atoms with E-state index in [1.807, 2.05) is 30.0 Å². The lowest BCUT2D eigenvalue weighted by atomic mass is 10.0. The van der Waals surface area contributed by atoms with Crippen LogP contribution in [0.15, 0.2) is 36.7 Å². The van der Waals surface area contributed by atoms with Gasteiger partial charge in [-0.2, -0.15) is 0 Å². The van der Waals surface area contributed by atoms with E-state index in [2.05, 4.69) is 16.0 Å². The molecule has 1 aromatic carbocycles. The zero-order valence-electron chi connectivity index (χ0n) is 13.5. The average molecular weight is 311 g/mol. The molecule has 5 nitrogen and oxygen atoms in total.